The summed E-state index contributed by atoms with van der Waals surface area (Å²) in [5.74, 6) is 0.569. The number of sulfonamides is 1. The summed E-state index contributed by atoms with van der Waals surface area (Å²) in [4.78, 5) is 24.1. The SMILES string of the molecule is CCNC(=O)N1CCN(c2nccnc2NS(=O)(=O)c2ccc(Cl)cc2)CC1. The number of carbonyl (C=O) groups is 1. The predicted molar refractivity (Wildman–Crippen MR) is 107 cm³/mol. The van der Waals surface area contributed by atoms with Crippen LogP contribution >= 0.6 is 11.6 Å². The van der Waals surface area contributed by atoms with Gasteiger partial charge in [-0.2, -0.15) is 0 Å². The molecule has 0 saturated carbocycles. The van der Waals surface area contributed by atoms with Gasteiger partial charge in [-0.15, -0.1) is 0 Å². The third kappa shape index (κ3) is 4.63. The normalized spacial score (nSPS) is 14.6. The van der Waals surface area contributed by atoms with E-state index < -0.39 is 10.0 Å². The number of nitrogens with zero attached hydrogens (tertiary/aromatic N) is 4. The fourth-order valence-corrected chi connectivity index (χ4v) is 3.96. The quantitative estimate of drug-likeness (QED) is 0.757. The van der Waals surface area contributed by atoms with Gasteiger partial charge < -0.3 is 15.1 Å². The predicted octanol–water partition coefficient (Wildman–Crippen LogP) is 1.78. The van der Waals surface area contributed by atoms with Gasteiger partial charge in [0.2, 0.25) is 0 Å². The summed E-state index contributed by atoms with van der Waals surface area (Å²) in [5.41, 5.74) is 0. The molecule has 0 radical (unpaired) electrons. The van der Waals surface area contributed by atoms with Crippen molar-refractivity contribution in [2.45, 2.75) is 11.8 Å². The second kappa shape index (κ2) is 8.61. The van der Waals surface area contributed by atoms with Crippen molar-refractivity contribution in [3.8, 4) is 0 Å². The van der Waals surface area contributed by atoms with Gasteiger partial charge in [-0.1, -0.05) is 11.6 Å². The van der Waals surface area contributed by atoms with Gasteiger partial charge in [0.15, 0.2) is 11.6 Å². The number of urea groups is 1. The van der Waals surface area contributed by atoms with Crippen molar-refractivity contribution >= 4 is 39.3 Å². The van der Waals surface area contributed by atoms with Crippen molar-refractivity contribution in [2.24, 2.45) is 0 Å². The van der Waals surface area contributed by atoms with Crippen LogP contribution < -0.4 is 14.9 Å². The Bertz CT molecular complexity index is 930. The Labute approximate surface area is 168 Å². The molecule has 2 aromatic rings. The highest BCUT2D eigenvalue weighted by Gasteiger charge is 2.25. The van der Waals surface area contributed by atoms with Gasteiger partial charge in [-0.3, -0.25) is 4.72 Å². The first-order chi connectivity index (χ1) is 13.4. The highest BCUT2D eigenvalue weighted by molar-refractivity contribution is 7.92. The Morgan fingerprint density at radius 2 is 1.75 bits per heavy atom. The smallest absolute Gasteiger partial charge is 0.317 e. The molecule has 1 aliphatic heterocycles. The lowest BCUT2D eigenvalue weighted by atomic mass is 10.3. The van der Waals surface area contributed by atoms with Gasteiger partial charge >= 0.3 is 6.03 Å². The van der Waals surface area contributed by atoms with Crippen molar-refractivity contribution in [1.29, 1.82) is 0 Å². The first-order valence-electron chi connectivity index (χ1n) is 8.78. The Kier molecular flexibility index (Phi) is 6.20. The van der Waals surface area contributed by atoms with Gasteiger partial charge in [0.05, 0.1) is 4.90 Å². The molecule has 0 atom stereocenters. The Hall–Kier alpha value is -2.59. The summed E-state index contributed by atoms with van der Waals surface area (Å²) < 4.78 is 27.8. The largest absolute Gasteiger partial charge is 0.350 e. The fraction of sp³-hybridized carbons (Fsp3) is 0.353. The number of nitrogens with one attached hydrogen (secondary N) is 2. The third-order valence-electron chi connectivity index (χ3n) is 4.23. The molecular weight excluding hydrogens is 404 g/mol. The number of amides is 2. The lowest BCUT2D eigenvalue weighted by Gasteiger charge is -2.35. The van der Waals surface area contributed by atoms with Crippen molar-refractivity contribution in [2.75, 3.05) is 42.3 Å². The van der Waals surface area contributed by atoms with E-state index in [2.05, 4.69) is 20.0 Å². The first-order valence-corrected chi connectivity index (χ1v) is 10.6. The van der Waals surface area contributed by atoms with E-state index in [9.17, 15) is 13.2 Å². The molecule has 1 aromatic heterocycles. The monoisotopic (exact) mass is 424 g/mol. The highest BCUT2D eigenvalue weighted by Crippen LogP contribution is 2.25. The minimum absolute atomic E-state index is 0.0783. The van der Waals surface area contributed by atoms with Crippen molar-refractivity contribution in [1.82, 2.24) is 20.2 Å². The highest BCUT2D eigenvalue weighted by atomic mass is 35.5. The molecule has 2 amide bonds. The Morgan fingerprint density at radius 1 is 1.11 bits per heavy atom. The number of benzene rings is 1. The molecule has 150 valence electrons. The van der Waals surface area contributed by atoms with Gasteiger partial charge in [-0.25, -0.2) is 23.2 Å². The van der Waals surface area contributed by atoms with E-state index in [1.807, 2.05) is 11.8 Å². The minimum atomic E-state index is -3.84. The van der Waals surface area contributed by atoms with Crippen LogP contribution in [0.25, 0.3) is 0 Å². The molecule has 0 bridgehead atoms. The Morgan fingerprint density at radius 3 is 2.39 bits per heavy atom. The fourth-order valence-electron chi connectivity index (χ4n) is 2.82. The molecule has 1 fully saturated rings. The van der Waals surface area contributed by atoms with E-state index in [4.69, 9.17) is 11.6 Å². The zero-order valence-electron chi connectivity index (χ0n) is 15.3. The van der Waals surface area contributed by atoms with Crippen LogP contribution in [0, 0.1) is 0 Å². The van der Waals surface area contributed by atoms with E-state index in [0.29, 0.717) is 43.6 Å². The van der Waals surface area contributed by atoms with Gasteiger partial charge in [0.25, 0.3) is 10.0 Å². The second-order valence-electron chi connectivity index (χ2n) is 6.10. The van der Waals surface area contributed by atoms with E-state index in [0.717, 1.165) is 0 Å². The molecule has 3 rings (SSSR count). The second-order valence-corrected chi connectivity index (χ2v) is 8.22. The van der Waals surface area contributed by atoms with E-state index in [1.165, 1.54) is 36.7 Å². The van der Waals surface area contributed by atoms with Crippen LogP contribution in [0.5, 0.6) is 0 Å². The van der Waals surface area contributed by atoms with E-state index in [1.54, 1.807) is 4.90 Å². The van der Waals surface area contributed by atoms with Crippen molar-refractivity contribution < 1.29 is 13.2 Å². The number of hydrogen-bond acceptors (Lipinski definition) is 6. The van der Waals surface area contributed by atoms with Crippen LogP contribution in [-0.2, 0) is 10.0 Å². The lowest BCUT2D eigenvalue weighted by Crippen LogP contribution is -2.52. The molecular formula is C17H21ClN6O3S. The molecule has 0 unspecified atom stereocenters. The number of aromatic nitrogens is 2. The third-order valence-corrected chi connectivity index (χ3v) is 5.84. The summed E-state index contributed by atoms with van der Waals surface area (Å²) in [5, 5.41) is 3.22. The average Bonchev–Trinajstić information content (AvgIpc) is 2.69. The first kappa shape index (κ1) is 20.2. The molecule has 2 heterocycles. The standard InChI is InChI=1S/C17H21ClN6O3S/c1-2-19-17(25)24-11-9-23(10-12-24)16-15(20-7-8-21-16)22-28(26,27)14-5-3-13(18)4-6-14/h3-8H,2,9-12H2,1H3,(H,19,25)(H,20,22). The number of rotatable bonds is 5. The van der Waals surface area contributed by atoms with Crippen LogP contribution in [0.3, 0.4) is 0 Å². The lowest BCUT2D eigenvalue weighted by molar-refractivity contribution is 0.195. The van der Waals surface area contributed by atoms with Gasteiger partial charge in [-0.05, 0) is 31.2 Å². The molecule has 1 aliphatic rings. The zero-order chi connectivity index (χ0) is 20.1. The maximum atomic E-state index is 12.7. The van der Waals surface area contributed by atoms with Crippen LogP contribution in [0.4, 0.5) is 16.4 Å². The number of carbonyl (C=O) groups excluding carboxylic acids is 1. The van der Waals surface area contributed by atoms with Gasteiger partial charge in [0, 0.05) is 50.1 Å². The number of hydrogen-bond donors (Lipinski definition) is 2. The molecule has 2 N–H and O–H groups in total. The maximum Gasteiger partial charge on any atom is 0.317 e. The molecule has 28 heavy (non-hydrogen) atoms. The average molecular weight is 425 g/mol. The van der Waals surface area contributed by atoms with Crippen molar-refractivity contribution in [3.05, 3.63) is 41.7 Å². The van der Waals surface area contributed by atoms with Crippen LogP contribution in [0.2, 0.25) is 5.02 Å². The molecule has 11 heteroatoms. The van der Waals surface area contributed by atoms with Gasteiger partial charge in [0.1, 0.15) is 0 Å². The van der Waals surface area contributed by atoms with Crippen LogP contribution in [-0.4, -0.2) is 62.0 Å². The van der Waals surface area contributed by atoms with Crippen LogP contribution in [0.15, 0.2) is 41.6 Å². The Balaban J connectivity index is 1.75. The molecule has 9 nitrogen and oxygen atoms in total. The van der Waals surface area contributed by atoms with Crippen molar-refractivity contribution in [3.63, 3.8) is 0 Å². The molecule has 0 spiro atoms. The summed E-state index contributed by atoms with van der Waals surface area (Å²) in [6.45, 7) is 4.49. The molecule has 1 saturated heterocycles. The summed E-state index contributed by atoms with van der Waals surface area (Å²) in [6.07, 6.45) is 2.93. The van der Waals surface area contributed by atoms with Crippen LogP contribution in [0.1, 0.15) is 6.92 Å². The maximum absolute atomic E-state index is 12.7. The minimum Gasteiger partial charge on any atom is -0.350 e. The summed E-state index contributed by atoms with van der Waals surface area (Å²) in [6, 6.07) is 5.75. The number of halogens is 1. The van der Waals surface area contributed by atoms with E-state index >= 15 is 0 Å². The summed E-state index contributed by atoms with van der Waals surface area (Å²) in [7, 11) is -3.84. The summed E-state index contributed by atoms with van der Waals surface area (Å²) >= 11 is 5.83. The number of piperazine rings is 1. The topological polar surface area (TPSA) is 108 Å². The van der Waals surface area contributed by atoms with E-state index in [-0.39, 0.29) is 16.7 Å². The number of anilines is 2. The molecule has 0 aliphatic carbocycles. The zero-order valence-corrected chi connectivity index (χ0v) is 16.9. The molecule has 1 aromatic carbocycles.